The van der Waals surface area contributed by atoms with E-state index in [4.69, 9.17) is 0 Å². The Kier molecular flexibility index (Phi) is 4.81. The van der Waals surface area contributed by atoms with Crippen LogP contribution in [-0.2, 0) is 4.79 Å². The van der Waals surface area contributed by atoms with E-state index in [0.29, 0.717) is 5.16 Å². The Balaban J connectivity index is 1.90. The molecule has 2 aromatic rings. The van der Waals surface area contributed by atoms with Crippen LogP contribution in [0.25, 0.3) is 0 Å². The van der Waals surface area contributed by atoms with E-state index in [1.54, 1.807) is 0 Å². The molecule has 0 saturated carbocycles. The summed E-state index contributed by atoms with van der Waals surface area (Å²) in [5.41, 5.74) is 1.67. The maximum Gasteiger partial charge on any atom is 0.345 e. The molecule has 2 heterocycles. The van der Waals surface area contributed by atoms with Gasteiger partial charge in [0.1, 0.15) is 6.20 Å². The second-order valence-electron chi connectivity index (χ2n) is 4.03. The molecule has 10 heteroatoms. The summed E-state index contributed by atoms with van der Waals surface area (Å²) in [6.45, 7) is 3.71. The van der Waals surface area contributed by atoms with Crippen LogP contribution in [0.4, 0.5) is 10.1 Å². The summed E-state index contributed by atoms with van der Waals surface area (Å²) in [6, 6.07) is 1.85. The van der Waals surface area contributed by atoms with Gasteiger partial charge in [0, 0.05) is 11.4 Å². The quantitative estimate of drug-likeness (QED) is 0.388. The standard InChI is InChI=1S/C11H11N5O3S2/c1-6-3-7(2)14-11(13-6)20-5-8(17)15-10-12-4-9(21-10)16(18)19/h3-4H,5H2,1-2H3,(H,12,15,17). The largest absolute Gasteiger partial charge is 0.345 e. The monoisotopic (exact) mass is 325 g/mol. The zero-order chi connectivity index (χ0) is 15.4. The zero-order valence-corrected chi connectivity index (χ0v) is 12.8. The molecule has 0 unspecified atom stereocenters. The molecule has 0 radical (unpaired) electrons. The van der Waals surface area contributed by atoms with Crippen molar-refractivity contribution in [1.29, 1.82) is 0 Å². The van der Waals surface area contributed by atoms with Crippen molar-refractivity contribution in [3.8, 4) is 0 Å². The summed E-state index contributed by atoms with van der Waals surface area (Å²) in [5, 5.41) is 13.6. The SMILES string of the molecule is Cc1cc(C)nc(SCC(=O)Nc2ncc([N+](=O)[O-])s2)n1. The predicted molar refractivity (Wildman–Crippen MR) is 79.6 cm³/mol. The van der Waals surface area contributed by atoms with Crippen LogP contribution in [0.1, 0.15) is 11.4 Å². The third-order valence-corrected chi connectivity index (χ3v) is 3.93. The lowest BCUT2D eigenvalue weighted by Crippen LogP contribution is -2.14. The van der Waals surface area contributed by atoms with Crippen molar-refractivity contribution >= 4 is 39.1 Å². The number of carbonyl (C=O) groups excluding carboxylic acids is 1. The van der Waals surface area contributed by atoms with Crippen molar-refractivity contribution in [1.82, 2.24) is 15.0 Å². The van der Waals surface area contributed by atoms with Crippen molar-refractivity contribution in [2.45, 2.75) is 19.0 Å². The predicted octanol–water partition coefficient (Wildman–Crippen LogP) is 2.19. The molecule has 8 nitrogen and oxygen atoms in total. The smallest absolute Gasteiger partial charge is 0.301 e. The number of anilines is 1. The third-order valence-electron chi connectivity index (χ3n) is 2.21. The zero-order valence-electron chi connectivity index (χ0n) is 11.2. The Morgan fingerprint density at radius 1 is 1.43 bits per heavy atom. The van der Waals surface area contributed by atoms with E-state index in [9.17, 15) is 14.9 Å². The minimum atomic E-state index is -0.550. The maximum atomic E-state index is 11.7. The fourth-order valence-corrected chi connectivity index (χ4v) is 2.85. The fourth-order valence-electron chi connectivity index (χ4n) is 1.45. The molecule has 1 amide bonds. The minimum absolute atomic E-state index is 0.107. The Bertz CT molecular complexity index is 668. The molecule has 110 valence electrons. The van der Waals surface area contributed by atoms with E-state index in [1.165, 1.54) is 11.8 Å². The molecule has 1 N–H and O–H groups in total. The van der Waals surface area contributed by atoms with Gasteiger partial charge in [-0.3, -0.25) is 14.9 Å². The highest BCUT2D eigenvalue weighted by atomic mass is 32.2. The number of nitro groups is 1. The van der Waals surface area contributed by atoms with Gasteiger partial charge in [0.2, 0.25) is 5.91 Å². The van der Waals surface area contributed by atoms with Crippen LogP contribution >= 0.6 is 23.1 Å². The Hall–Kier alpha value is -2.07. The molecule has 0 bridgehead atoms. The van der Waals surface area contributed by atoms with Crippen molar-refractivity contribution < 1.29 is 9.72 Å². The van der Waals surface area contributed by atoms with Gasteiger partial charge in [0.15, 0.2) is 10.3 Å². The summed E-state index contributed by atoms with van der Waals surface area (Å²) in [5.74, 6) is -0.206. The van der Waals surface area contributed by atoms with Crippen LogP contribution in [0.3, 0.4) is 0 Å². The highest BCUT2D eigenvalue weighted by Gasteiger charge is 2.14. The number of aryl methyl sites for hydroxylation is 2. The number of amides is 1. The first kappa shape index (κ1) is 15.3. The Morgan fingerprint density at radius 3 is 2.67 bits per heavy atom. The van der Waals surface area contributed by atoms with Gasteiger partial charge >= 0.3 is 5.00 Å². The van der Waals surface area contributed by atoms with E-state index < -0.39 is 4.92 Å². The second-order valence-corrected chi connectivity index (χ2v) is 5.98. The number of aromatic nitrogens is 3. The molecular weight excluding hydrogens is 314 g/mol. The normalized spacial score (nSPS) is 10.4. The van der Waals surface area contributed by atoms with Gasteiger partial charge in [-0.2, -0.15) is 0 Å². The number of nitrogens with zero attached hydrogens (tertiary/aromatic N) is 4. The molecule has 0 aliphatic rings. The van der Waals surface area contributed by atoms with Crippen LogP contribution in [0.5, 0.6) is 0 Å². The molecular formula is C11H11N5O3S2. The van der Waals surface area contributed by atoms with Gasteiger partial charge in [-0.25, -0.2) is 15.0 Å². The van der Waals surface area contributed by atoms with Gasteiger partial charge in [-0.05, 0) is 31.3 Å². The van der Waals surface area contributed by atoms with Gasteiger partial charge in [-0.15, -0.1) is 0 Å². The van der Waals surface area contributed by atoms with Crippen molar-refractivity contribution in [3.05, 3.63) is 33.8 Å². The number of hydrogen-bond acceptors (Lipinski definition) is 8. The first-order valence-corrected chi connectivity index (χ1v) is 7.59. The first-order chi connectivity index (χ1) is 9.94. The van der Waals surface area contributed by atoms with Gasteiger partial charge in [-0.1, -0.05) is 11.8 Å². The molecule has 0 aromatic carbocycles. The fraction of sp³-hybridized carbons (Fsp3) is 0.273. The minimum Gasteiger partial charge on any atom is -0.301 e. The molecule has 21 heavy (non-hydrogen) atoms. The average Bonchev–Trinajstić information content (AvgIpc) is 2.84. The third kappa shape index (κ3) is 4.46. The summed E-state index contributed by atoms with van der Waals surface area (Å²) in [7, 11) is 0. The molecule has 0 spiro atoms. The van der Waals surface area contributed by atoms with Crippen molar-refractivity contribution in [2.24, 2.45) is 0 Å². The summed E-state index contributed by atoms with van der Waals surface area (Å²) in [6.07, 6.45) is 1.11. The van der Waals surface area contributed by atoms with Crippen LogP contribution in [0, 0.1) is 24.0 Å². The molecule has 0 saturated heterocycles. The molecule has 0 atom stereocenters. The van der Waals surface area contributed by atoms with Crippen molar-refractivity contribution in [2.75, 3.05) is 11.1 Å². The second kappa shape index (κ2) is 6.59. The van der Waals surface area contributed by atoms with Crippen molar-refractivity contribution in [3.63, 3.8) is 0 Å². The number of nitrogens with one attached hydrogen (secondary N) is 1. The Labute approximate surface area is 128 Å². The van der Waals surface area contributed by atoms with Crippen LogP contribution < -0.4 is 5.32 Å². The van der Waals surface area contributed by atoms with Gasteiger partial charge < -0.3 is 5.32 Å². The van der Waals surface area contributed by atoms with Gasteiger partial charge in [0.25, 0.3) is 0 Å². The van der Waals surface area contributed by atoms with Crippen LogP contribution in [0.15, 0.2) is 17.4 Å². The molecule has 0 aliphatic carbocycles. The molecule has 0 fully saturated rings. The van der Waals surface area contributed by atoms with E-state index >= 15 is 0 Å². The summed E-state index contributed by atoms with van der Waals surface area (Å²) < 4.78 is 0. The number of thioether (sulfide) groups is 1. The van der Waals surface area contributed by atoms with E-state index in [2.05, 4.69) is 20.3 Å². The number of thiazole rings is 1. The lowest BCUT2D eigenvalue weighted by Gasteiger charge is -2.03. The van der Waals surface area contributed by atoms with E-state index in [-0.39, 0.29) is 21.8 Å². The Morgan fingerprint density at radius 2 is 2.10 bits per heavy atom. The molecule has 2 rings (SSSR count). The molecule has 2 aromatic heterocycles. The summed E-state index contributed by atoms with van der Waals surface area (Å²) >= 11 is 2.01. The maximum absolute atomic E-state index is 11.7. The summed E-state index contributed by atoms with van der Waals surface area (Å²) in [4.78, 5) is 33.9. The number of carbonyl (C=O) groups is 1. The molecule has 0 aliphatic heterocycles. The first-order valence-electron chi connectivity index (χ1n) is 5.79. The van der Waals surface area contributed by atoms with Crippen LogP contribution in [0.2, 0.25) is 0 Å². The number of hydrogen-bond donors (Lipinski definition) is 1. The van der Waals surface area contributed by atoms with E-state index in [1.807, 2.05) is 19.9 Å². The highest BCUT2D eigenvalue weighted by Crippen LogP contribution is 2.25. The topological polar surface area (TPSA) is 111 Å². The lowest BCUT2D eigenvalue weighted by atomic mass is 10.4. The van der Waals surface area contributed by atoms with Gasteiger partial charge in [0.05, 0.1) is 10.7 Å². The van der Waals surface area contributed by atoms with E-state index in [0.717, 1.165) is 28.9 Å². The van der Waals surface area contributed by atoms with Crippen LogP contribution in [-0.4, -0.2) is 31.5 Å². The number of rotatable bonds is 5. The lowest BCUT2D eigenvalue weighted by molar-refractivity contribution is -0.380. The highest BCUT2D eigenvalue weighted by molar-refractivity contribution is 7.99. The average molecular weight is 325 g/mol.